The number of nitrogens with zero attached hydrogens (tertiary/aromatic N) is 2. The molecule has 4 heteroatoms. The molecular weight excluding hydrogens is 210 g/mol. The molecule has 0 aliphatic heterocycles. The first-order valence-electron chi connectivity index (χ1n) is 5.40. The Labute approximate surface area is 96.3 Å². The van der Waals surface area contributed by atoms with Crippen molar-refractivity contribution in [3.8, 4) is 0 Å². The Kier molecular flexibility index (Phi) is 5.40. The van der Waals surface area contributed by atoms with Crippen LogP contribution in [0, 0.1) is 5.92 Å². The molecule has 84 valence electrons. The molecule has 1 heterocycles. The van der Waals surface area contributed by atoms with Gasteiger partial charge in [-0.25, -0.2) is 9.97 Å². The van der Waals surface area contributed by atoms with Crippen LogP contribution in [0.5, 0.6) is 0 Å². The monoisotopic (exact) mass is 227 g/mol. The Morgan fingerprint density at radius 1 is 1.33 bits per heavy atom. The van der Waals surface area contributed by atoms with Crippen molar-refractivity contribution < 1.29 is 0 Å². The maximum Gasteiger partial charge on any atom is 0.134 e. The van der Waals surface area contributed by atoms with E-state index in [1.807, 2.05) is 0 Å². The van der Waals surface area contributed by atoms with Gasteiger partial charge in [0, 0.05) is 12.6 Å². The third-order valence-electron chi connectivity index (χ3n) is 2.15. The first-order valence-corrected chi connectivity index (χ1v) is 5.77. The molecule has 1 aromatic rings. The topological polar surface area (TPSA) is 37.8 Å². The van der Waals surface area contributed by atoms with E-state index in [0.717, 1.165) is 18.3 Å². The summed E-state index contributed by atoms with van der Waals surface area (Å²) < 4.78 is 0. The molecule has 1 aromatic heterocycles. The van der Waals surface area contributed by atoms with Gasteiger partial charge in [-0.1, -0.05) is 38.3 Å². The van der Waals surface area contributed by atoms with E-state index in [1.165, 1.54) is 25.6 Å². The van der Waals surface area contributed by atoms with Crippen LogP contribution in [0.2, 0.25) is 5.15 Å². The fourth-order valence-electron chi connectivity index (χ4n) is 1.32. The molecule has 0 bridgehead atoms. The molecule has 0 spiro atoms. The van der Waals surface area contributed by atoms with Crippen LogP contribution in [0.25, 0.3) is 0 Å². The van der Waals surface area contributed by atoms with E-state index >= 15 is 0 Å². The van der Waals surface area contributed by atoms with Crippen molar-refractivity contribution in [2.45, 2.75) is 33.1 Å². The minimum Gasteiger partial charge on any atom is -0.370 e. The molecule has 0 aliphatic carbocycles. The van der Waals surface area contributed by atoms with Gasteiger partial charge in [-0.3, -0.25) is 0 Å². The molecule has 0 atom stereocenters. The number of hydrogen-bond donors (Lipinski definition) is 1. The normalized spacial score (nSPS) is 10.7. The number of rotatable bonds is 6. The second-order valence-electron chi connectivity index (χ2n) is 4.04. The predicted molar refractivity (Wildman–Crippen MR) is 64.2 cm³/mol. The van der Waals surface area contributed by atoms with Crippen molar-refractivity contribution in [2.24, 2.45) is 5.92 Å². The highest BCUT2D eigenvalue weighted by Crippen LogP contribution is 2.10. The summed E-state index contributed by atoms with van der Waals surface area (Å²) in [6.45, 7) is 5.44. The van der Waals surface area contributed by atoms with Crippen molar-refractivity contribution in [1.82, 2.24) is 9.97 Å². The molecule has 15 heavy (non-hydrogen) atoms. The lowest BCUT2D eigenvalue weighted by atomic mass is 10.1. The van der Waals surface area contributed by atoms with Gasteiger partial charge in [-0.2, -0.15) is 0 Å². The zero-order valence-electron chi connectivity index (χ0n) is 9.33. The maximum atomic E-state index is 5.74. The molecule has 1 N–H and O–H groups in total. The van der Waals surface area contributed by atoms with E-state index in [1.54, 1.807) is 6.07 Å². The summed E-state index contributed by atoms with van der Waals surface area (Å²) in [5.41, 5.74) is 0. The van der Waals surface area contributed by atoms with Crippen LogP contribution in [0.15, 0.2) is 12.4 Å². The number of aromatic nitrogens is 2. The molecule has 0 unspecified atom stereocenters. The molecule has 0 aromatic carbocycles. The van der Waals surface area contributed by atoms with Crippen molar-refractivity contribution >= 4 is 17.4 Å². The summed E-state index contributed by atoms with van der Waals surface area (Å²) in [6, 6.07) is 1.74. The summed E-state index contributed by atoms with van der Waals surface area (Å²) in [4.78, 5) is 7.89. The van der Waals surface area contributed by atoms with Gasteiger partial charge in [0.1, 0.15) is 17.3 Å². The summed E-state index contributed by atoms with van der Waals surface area (Å²) in [7, 11) is 0. The van der Waals surface area contributed by atoms with Crippen LogP contribution < -0.4 is 5.32 Å². The Hall–Kier alpha value is -0.830. The molecule has 0 radical (unpaired) electrons. The van der Waals surface area contributed by atoms with Gasteiger partial charge in [-0.15, -0.1) is 0 Å². The van der Waals surface area contributed by atoms with Gasteiger partial charge in [0.25, 0.3) is 0 Å². The smallest absolute Gasteiger partial charge is 0.134 e. The fourth-order valence-corrected chi connectivity index (χ4v) is 1.47. The van der Waals surface area contributed by atoms with E-state index < -0.39 is 0 Å². The number of hydrogen-bond acceptors (Lipinski definition) is 3. The van der Waals surface area contributed by atoms with Gasteiger partial charge in [0.05, 0.1) is 0 Å². The number of nitrogens with one attached hydrogen (secondary N) is 1. The largest absolute Gasteiger partial charge is 0.370 e. The second kappa shape index (κ2) is 6.62. The molecular formula is C11H18ClN3. The summed E-state index contributed by atoms with van der Waals surface area (Å²) in [5, 5.41) is 3.70. The average Bonchev–Trinajstić information content (AvgIpc) is 2.17. The number of halogens is 1. The van der Waals surface area contributed by atoms with E-state index in [2.05, 4.69) is 29.1 Å². The van der Waals surface area contributed by atoms with Gasteiger partial charge in [-0.05, 0) is 12.3 Å². The minimum absolute atomic E-state index is 0.481. The van der Waals surface area contributed by atoms with Gasteiger partial charge < -0.3 is 5.32 Å². The molecule has 1 rings (SSSR count). The highest BCUT2D eigenvalue weighted by molar-refractivity contribution is 6.29. The summed E-state index contributed by atoms with van der Waals surface area (Å²) in [6.07, 6.45) is 5.17. The Morgan fingerprint density at radius 2 is 2.13 bits per heavy atom. The first kappa shape index (κ1) is 12.2. The highest BCUT2D eigenvalue weighted by Gasteiger charge is 1.96. The third-order valence-corrected chi connectivity index (χ3v) is 2.35. The van der Waals surface area contributed by atoms with Gasteiger partial charge in [0.2, 0.25) is 0 Å². The molecule has 0 fully saturated rings. The zero-order chi connectivity index (χ0) is 11.1. The van der Waals surface area contributed by atoms with E-state index in [4.69, 9.17) is 11.6 Å². The van der Waals surface area contributed by atoms with Crippen LogP contribution in [0.3, 0.4) is 0 Å². The quantitative estimate of drug-likeness (QED) is 0.598. The van der Waals surface area contributed by atoms with Crippen LogP contribution in [-0.2, 0) is 0 Å². The summed E-state index contributed by atoms with van der Waals surface area (Å²) in [5.74, 6) is 1.60. The standard InChI is InChI=1S/C11H18ClN3/c1-9(2)5-3-4-6-13-11-7-10(12)14-8-15-11/h7-9H,3-6H2,1-2H3,(H,13,14,15). The van der Waals surface area contributed by atoms with Crippen molar-refractivity contribution in [2.75, 3.05) is 11.9 Å². The number of unbranched alkanes of at least 4 members (excludes halogenated alkanes) is 1. The van der Waals surface area contributed by atoms with E-state index in [0.29, 0.717) is 5.15 Å². The van der Waals surface area contributed by atoms with Gasteiger partial charge >= 0.3 is 0 Å². The zero-order valence-corrected chi connectivity index (χ0v) is 10.1. The molecule has 0 aliphatic rings. The Morgan fingerprint density at radius 3 is 2.80 bits per heavy atom. The van der Waals surface area contributed by atoms with Crippen molar-refractivity contribution in [3.05, 3.63) is 17.5 Å². The Bertz CT molecular complexity index is 289. The van der Waals surface area contributed by atoms with Crippen LogP contribution >= 0.6 is 11.6 Å². The molecule has 0 saturated heterocycles. The van der Waals surface area contributed by atoms with Gasteiger partial charge in [0.15, 0.2) is 0 Å². The Balaban J connectivity index is 2.15. The second-order valence-corrected chi connectivity index (χ2v) is 4.43. The fraction of sp³-hybridized carbons (Fsp3) is 0.636. The van der Waals surface area contributed by atoms with E-state index in [-0.39, 0.29) is 0 Å². The lowest BCUT2D eigenvalue weighted by Gasteiger charge is -2.06. The molecule has 3 nitrogen and oxygen atoms in total. The van der Waals surface area contributed by atoms with Crippen LogP contribution in [-0.4, -0.2) is 16.5 Å². The maximum absolute atomic E-state index is 5.74. The molecule has 0 saturated carbocycles. The molecule has 0 amide bonds. The van der Waals surface area contributed by atoms with Crippen molar-refractivity contribution in [1.29, 1.82) is 0 Å². The lowest BCUT2D eigenvalue weighted by molar-refractivity contribution is 0.544. The van der Waals surface area contributed by atoms with Crippen LogP contribution in [0.4, 0.5) is 5.82 Å². The summed E-state index contributed by atoms with van der Waals surface area (Å²) >= 11 is 5.74. The van der Waals surface area contributed by atoms with E-state index in [9.17, 15) is 0 Å². The highest BCUT2D eigenvalue weighted by atomic mass is 35.5. The average molecular weight is 228 g/mol. The van der Waals surface area contributed by atoms with Crippen LogP contribution in [0.1, 0.15) is 33.1 Å². The third kappa shape index (κ3) is 5.57. The number of anilines is 1. The first-order chi connectivity index (χ1) is 7.18. The SMILES string of the molecule is CC(C)CCCCNc1cc(Cl)ncn1. The van der Waals surface area contributed by atoms with Crippen molar-refractivity contribution in [3.63, 3.8) is 0 Å². The lowest BCUT2D eigenvalue weighted by Crippen LogP contribution is -2.03. The minimum atomic E-state index is 0.481. The predicted octanol–water partition coefficient (Wildman–Crippen LogP) is 3.37.